The minimum absolute atomic E-state index is 0.104. The zero-order valence-corrected chi connectivity index (χ0v) is 22.8. The summed E-state index contributed by atoms with van der Waals surface area (Å²) in [6.07, 6.45) is 0. The number of rotatable bonds is 6. The number of hydrogen-bond donors (Lipinski definition) is 1. The van der Waals surface area contributed by atoms with E-state index in [1.165, 1.54) is 4.57 Å². The fourth-order valence-corrected chi connectivity index (χ4v) is 4.93. The average Bonchev–Trinajstić information content (AvgIpc) is 3.25. The van der Waals surface area contributed by atoms with Crippen molar-refractivity contribution in [3.63, 3.8) is 0 Å². The molecule has 38 heavy (non-hydrogen) atoms. The molecule has 0 atom stereocenters. The molecule has 0 unspecified atom stereocenters. The van der Waals surface area contributed by atoms with Gasteiger partial charge < -0.3 is 15.0 Å². The predicted octanol–water partition coefficient (Wildman–Crippen LogP) is 4.65. The Morgan fingerprint density at radius 3 is 2.45 bits per heavy atom. The Kier molecular flexibility index (Phi) is 7.40. The smallest absolute Gasteiger partial charge is 0.333 e. The molecule has 0 fully saturated rings. The molecular weight excluding hydrogens is 572 g/mol. The van der Waals surface area contributed by atoms with Crippen LogP contribution < -0.4 is 15.7 Å². The van der Waals surface area contributed by atoms with Crippen molar-refractivity contribution in [2.75, 3.05) is 13.7 Å². The summed E-state index contributed by atoms with van der Waals surface area (Å²) in [6.45, 7) is 0.956. The maximum Gasteiger partial charge on any atom is 0.333 e. The Balaban J connectivity index is 1.49. The molecule has 5 rings (SSSR count). The van der Waals surface area contributed by atoms with Gasteiger partial charge in [-0.15, -0.1) is 0 Å². The first-order chi connectivity index (χ1) is 18.4. The van der Waals surface area contributed by atoms with E-state index in [1.54, 1.807) is 46.9 Å². The molecule has 0 aliphatic carbocycles. The fraction of sp³-hybridized carbons (Fsp3) is 0.179. The topological polar surface area (TPSA) is 85.6 Å². The number of amides is 2. The van der Waals surface area contributed by atoms with Crippen LogP contribution in [0.25, 0.3) is 5.69 Å². The van der Waals surface area contributed by atoms with Gasteiger partial charge in [0.2, 0.25) is 0 Å². The number of ether oxygens (including phenoxy) is 1. The lowest BCUT2D eigenvalue weighted by molar-refractivity contribution is 0.0706. The Hall–Kier alpha value is -3.82. The summed E-state index contributed by atoms with van der Waals surface area (Å²) in [5.41, 5.74) is 2.26. The number of aromatic nitrogens is 2. The van der Waals surface area contributed by atoms with Gasteiger partial charge in [-0.25, -0.2) is 4.79 Å². The number of nitrogens with zero attached hydrogens (tertiary/aromatic N) is 3. The maximum absolute atomic E-state index is 13.6. The molecule has 1 N–H and O–H groups in total. The zero-order chi connectivity index (χ0) is 26.8. The van der Waals surface area contributed by atoms with E-state index in [9.17, 15) is 14.4 Å². The summed E-state index contributed by atoms with van der Waals surface area (Å²) in [6, 6.07) is 21.4. The largest absolute Gasteiger partial charge is 0.497 e. The normalized spacial score (nSPS) is 12.7. The van der Waals surface area contributed by atoms with E-state index in [0.29, 0.717) is 33.0 Å². The number of carbonyl (C=O) groups excluding carboxylic acids is 2. The number of halogens is 2. The van der Waals surface area contributed by atoms with Crippen LogP contribution in [0.15, 0.2) is 82.1 Å². The lowest BCUT2D eigenvalue weighted by Crippen LogP contribution is -2.41. The van der Waals surface area contributed by atoms with Crippen molar-refractivity contribution in [3.8, 4) is 11.4 Å². The highest BCUT2D eigenvalue weighted by Gasteiger charge is 2.32. The summed E-state index contributed by atoms with van der Waals surface area (Å²) in [5, 5.41) is 3.37. The van der Waals surface area contributed by atoms with Gasteiger partial charge in [0, 0.05) is 29.7 Å². The van der Waals surface area contributed by atoms with E-state index in [1.807, 2.05) is 42.5 Å². The number of carbonyl (C=O) groups is 2. The van der Waals surface area contributed by atoms with Crippen LogP contribution in [0.1, 0.15) is 32.1 Å². The van der Waals surface area contributed by atoms with Crippen LogP contribution in [-0.4, -0.2) is 39.5 Å². The molecule has 4 aromatic rings. The van der Waals surface area contributed by atoms with E-state index in [-0.39, 0.29) is 36.9 Å². The van der Waals surface area contributed by atoms with E-state index >= 15 is 0 Å². The van der Waals surface area contributed by atoms with Crippen molar-refractivity contribution in [1.29, 1.82) is 0 Å². The highest BCUT2D eigenvalue weighted by molar-refractivity contribution is 9.10. The molecule has 1 aromatic heterocycles. The van der Waals surface area contributed by atoms with Gasteiger partial charge in [-0.2, -0.15) is 0 Å². The van der Waals surface area contributed by atoms with Crippen LogP contribution in [0.2, 0.25) is 5.02 Å². The van der Waals surface area contributed by atoms with Crippen LogP contribution in [0.5, 0.6) is 5.75 Å². The SMILES string of the molecule is COc1ccc(CNC(=O)c2c3n(c(=O)n2-c2ccccc2)CCN(C(=O)c2ccc(Br)c(Cl)c2)C3)cc1. The van der Waals surface area contributed by atoms with Crippen molar-refractivity contribution >= 4 is 39.3 Å². The van der Waals surface area contributed by atoms with Gasteiger partial charge in [-0.1, -0.05) is 41.9 Å². The summed E-state index contributed by atoms with van der Waals surface area (Å²) >= 11 is 9.56. The number of methoxy groups -OCH3 is 1. The van der Waals surface area contributed by atoms with Gasteiger partial charge in [0.1, 0.15) is 11.4 Å². The number of benzene rings is 3. The van der Waals surface area contributed by atoms with Gasteiger partial charge in [0.05, 0.1) is 30.1 Å². The summed E-state index contributed by atoms with van der Waals surface area (Å²) in [5.74, 6) is 0.0861. The van der Waals surface area contributed by atoms with Gasteiger partial charge in [-0.3, -0.25) is 18.7 Å². The van der Waals surface area contributed by atoms with E-state index < -0.39 is 5.91 Å². The van der Waals surface area contributed by atoms with Crippen LogP contribution in [0, 0.1) is 0 Å². The number of hydrogen-bond acceptors (Lipinski definition) is 4. The van der Waals surface area contributed by atoms with E-state index in [4.69, 9.17) is 16.3 Å². The molecule has 194 valence electrons. The molecule has 3 aromatic carbocycles. The third-order valence-corrected chi connectivity index (χ3v) is 7.71. The molecule has 8 nitrogen and oxygen atoms in total. The molecule has 0 spiro atoms. The first-order valence-electron chi connectivity index (χ1n) is 11.9. The molecule has 0 saturated carbocycles. The third kappa shape index (κ3) is 4.99. The second-order valence-electron chi connectivity index (χ2n) is 8.79. The zero-order valence-electron chi connectivity index (χ0n) is 20.5. The highest BCUT2D eigenvalue weighted by Crippen LogP contribution is 2.26. The van der Waals surface area contributed by atoms with Crippen LogP contribution in [0.4, 0.5) is 0 Å². The Morgan fingerprint density at radius 2 is 1.76 bits per heavy atom. The van der Waals surface area contributed by atoms with E-state index in [2.05, 4.69) is 21.2 Å². The molecule has 1 aliphatic rings. The van der Waals surface area contributed by atoms with Gasteiger partial charge in [0.25, 0.3) is 11.8 Å². The minimum atomic E-state index is -0.406. The molecule has 2 amide bonds. The Labute approximate surface area is 232 Å². The van der Waals surface area contributed by atoms with Crippen molar-refractivity contribution < 1.29 is 14.3 Å². The van der Waals surface area contributed by atoms with Crippen molar-refractivity contribution in [2.24, 2.45) is 0 Å². The molecule has 2 heterocycles. The van der Waals surface area contributed by atoms with Crippen molar-refractivity contribution in [2.45, 2.75) is 19.6 Å². The second kappa shape index (κ2) is 10.9. The van der Waals surface area contributed by atoms with E-state index in [0.717, 1.165) is 11.3 Å². The fourth-order valence-electron chi connectivity index (χ4n) is 4.50. The van der Waals surface area contributed by atoms with Crippen molar-refractivity contribution in [3.05, 3.63) is 115 Å². The summed E-state index contributed by atoms with van der Waals surface area (Å²) < 4.78 is 8.89. The first kappa shape index (κ1) is 25.8. The lowest BCUT2D eigenvalue weighted by Gasteiger charge is -2.28. The number of nitrogens with one attached hydrogen (secondary N) is 1. The van der Waals surface area contributed by atoms with Crippen molar-refractivity contribution in [1.82, 2.24) is 19.4 Å². The molecular formula is C28H24BrClN4O4. The number of imidazole rings is 1. The highest BCUT2D eigenvalue weighted by atomic mass is 79.9. The van der Waals surface area contributed by atoms with Crippen LogP contribution in [0.3, 0.4) is 0 Å². The summed E-state index contributed by atoms with van der Waals surface area (Å²) in [7, 11) is 1.59. The molecule has 0 saturated heterocycles. The molecule has 10 heteroatoms. The number of fused-ring (bicyclic) bond motifs is 1. The van der Waals surface area contributed by atoms with Gasteiger partial charge in [-0.05, 0) is 64.0 Å². The van der Waals surface area contributed by atoms with Crippen LogP contribution in [-0.2, 0) is 19.6 Å². The van der Waals surface area contributed by atoms with Gasteiger partial charge >= 0.3 is 5.69 Å². The van der Waals surface area contributed by atoms with Gasteiger partial charge in [0.15, 0.2) is 0 Å². The third-order valence-electron chi connectivity index (χ3n) is 6.47. The molecule has 1 aliphatic heterocycles. The Morgan fingerprint density at radius 1 is 1.03 bits per heavy atom. The lowest BCUT2D eigenvalue weighted by atomic mass is 10.1. The Bertz CT molecular complexity index is 1560. The second-order valence-corrected chi connectivity index (χ2v) is 10.0. The minimum Gasteiger partial charge on any atom is -0.497 e. The standard InChI is InChI=1S/C28H24BrClN4O4/c1-38-21-10-7-18(8-11-21)16-31-26(35)25-24-17-32(27(36)19-9-12-22(29)23(30)15-19)13-14-33(24)28(37)34(25)20-5-3-2-4-6-20/h2-12,15H,13-14,16-17H2,1H3,(H,31,35). The first-order valence-corrected chi connectivity index (χ1v) is 13.1. The molecule has 0 radical (unpaired) electrons. The summed E-state index contributed by atoms with van der Waals surface area (Å²) in [4.78, 5) is 42.1. The monoisotopic (exact) mass is 594 g/mol. The maximum atomic E-state index is 13.6. The average molecular weight is 596 g/mol. The number of para-hydroxylation sites is 1. The van der Waals surface area contributed by atoms with Crippen LogP contribution >= 0.6 is 27.5 Å². The molecule has 0 bridgehead atoms. The predicted molar refractivity (Wildman–Crippen MR) is 148 cm³/mol. The quantitative estimate of drug-likeness (QED) is 0.352.